The first-order valence-corrected chi connectivity index (χ1v) is 15.9. The fourth-order valence-corrected chi connectivity index (χ4v) is 7.22. The minimum Gasteiger partial charge on any atom is -0.493 e. The normalized spacial score (nSPS) is 15.8. The molecule has 4 aromatic rings. The predicted molar refractivity (Wildman–Crippen MR) is 176 cm³/mol. The molecule has 0 N–H and O–H groups in total. The standard InChI is InChI=1S/C37H38N2O8/c1-40-28-13-23-10-12-38(17-24(23)14-29(28)41-2)11-9-22-5-7-27(8-6-22)39-18-25-15-30(42-3)34-36(46-20-44-34)32(25)33-26(19-39)16-31(43-4)35-37(33)47-21-45-35/h5-8,13-16H,9-12,17-21H2,1-4H3. The van der Waals surface area contributed by atoms with Gasteiger partial charge in [0.2, 0.25) is 25.1 Å². The highest BCUT2D eigenvalue weighted by atomic mass is 16.7. The fraction of sp³-hybridized carbons (Fsp3) is 0.351. The van der Waals surface area contributed by atoms with Crippen LogP contribution in [0.2, 0.25) is 0 Å². The second-order valence-electron chi connectivity index (χ2n) is 12.1. The van der Waals surface area contributed by atoms with Gasteiger partial charge in [-0.25, -0.2) is 0 Å². The molecule has 0 radical (unpaired) electrons. The van der Waals surface area contributed by atoms with Crippen LogP contribution in [0.15, 0.2) is 48.5 Å². The van der Waals surface area contributed by atoms with Crippen LogP contribution < -0.4 is 42.8 Å². The Morgan fingerprint density at radius 1 is 0.574 bits per heavy atom. The van der Waals surface area contributed by atoms with E-state index in [1.54, 1.807) is 28.4 Å². The number of methoxy groups -OCH3 is 4. The van der Waals surface area contributed by atoms with Crippen LogP contribution in [0, 0.1) is 0 Å². The molecule has 0 saturated carbocycles. The van der Waals surface area contributed by atoms with Crippen LogP contribution in [0.25, 0.3) is 11.1 Å². The molecule has 4 aliphatic heterocycles. The van der Waals surface area contributed by atoms with E-state index in [4.69, 9.17) is 37.9 Å². The first-order chi connectivity index (χ1) is 23.1. The Morgan fingerprint density at radius 2 is 1.09 bits per heavy atom. The largest absolute Gasteiger partial charge is 0.493 e. The van der Waals surface area contributed by atoms with Crippen molar-refractivity contribution < 1.29 is 37.9 Å². The van der Waals surface area contributed by atoms with Crippen LogP contribution in [-0.4, -0.2) is 60.0 Å². The summed E-state index contributed by atoms with van der Waals surface area (Å²) in [5.41, 5.74) is 9.06. The van der Waals surface area contributed by atoms with Crippen LogP contribution in [-0.2, 0) is 32.5 Å². The topological polar surface area (TPSA) is 80.3 Å². The lowest BCUT2D eigenvalue weighted by molar-refractivity contribution is 0.170. The average Bonchev–Trinajstić information content (AvgIpc) is 3.77. The lowest BCUT2D eigenvalue weighted by Crippen LogP contribution is -2.32. The predicted octanol–water partition coefficient (Wildman–Crippen LogP) is 5.97. The Labute approximate surface area is 274 Å². The van der Waals surface area contributed by atoms with Crippen molar-refractivity contribution in [3.8, 4) is 57.1 Å². The third-order valence-corrected chi connectivity index (χ3v) is 9.61. The zero-order valence-corrected chi connectivity index (χ0v) is 27.1. The summed E-state index contributed by atoms with van der Waals surface area (Å²) in [7, 11) is 6.69. The molecule has 47 heavy (non-hydrogen) atoms. The van der Waals surface area contributed by atoms with E-state index in [2.05, 4.69) is 46.2 Å². The summed E-state index contributed by atoms with van der Waals surface area (Å²) in [6.07, 6.45) is 1.97. The number of ether oxygens (including phenoxy) is 8. The highest BCUT2D eigenvalue weighted by Crippen LogP contribution is 2.58. The molecule has 10 nitrogen and oxygen atoms in total. The van der Waals surface area contributed by atoms with Gasteiger partial charge in [-0.2, -0.15) is 0 Å². The van der Waals surface area contributed by atoms with Crippen molar-refractivity contribution >= 4 is 5.69 Å². The molecular formula is C37H38N2O8. The minimum absolute atomic E-state index is 0.130. The SMILES string of the molecule is COc1cc2c(cc1OC)CN(CCc1ccc(N3Cc4cc(OC)c5c(c4-c4c(cc(OC)c6c4OCO6)C3)OCO5)cc1)CC2. The second-order valence-corrected chi connectivity index (χ2v) is 12.1. The maximum atomic E-state index is 6.08. The monoisotopic (exact) mass is 638 g/mol. The van der Waals surface area contributed by atoms with Gasteiger partial charge >= 0.3 is 0 Å². The number of benzene rings is 4. The van der Waals surface area contributed by atoms with E-state index in [1.807, 2.05) is 12.1 Å². The van der Waals surface area contributed by atoms with Gasteiger partial charge in [-0.1, -0.05) is 12.1 Å². The second kappa shape index (κ2) is 12.0. The zero-order chi connectivity index (χ0) is 32.1. The van der Waals surface area contributed by atoms with E-state index in [0.29, 0.717) is 47.6 Å². The van der Waals surface area contributed by atoms with Gasteiger partial charge in [-0.15, -0.1) is 0 Å². The summed E-state index contributed by atoms with van der Waals surface area (Å²) in [6.45, 7) is 4.45. The van der Waals surface area contributed by atoms with Crippen LogP contribution in [0.3, 0.4) is 0 Å². The van der Waals surface area contributed by atoms with Gasteiger partial charge in [0.15, 0.2) is 34.5 Å². The van der Waals surface area contributed by atoms with Crippen LogP contribution in [0.5, 0.6) is 46.0 Å². The zero-order valence-electron chi connectivity index (χ0n) is 27.1. The molecule has 0 fully saturated rings. The number of hydrogen-bond donors (Lipinski definition) is 0. The molecule has 8 rings (SSSR count). The molecule has 0 saturated heterocycles. The van der Waals surface area contributed by atoms with Gasteiger partial charge in [0.1, 0.15) is 0 Å². The first-order valence-electron chi connectivity index (χ1n) is 15.9. The highest BCUT2D eigenvalue weighted by molar-refractivity contribution is 5.89. The van der Waals surface area contributed by atoms with Crippen LogP contribution in [0.1, 0.15) is 27.8 Å². The summed E-state index contributed by atoms with van der Waals surface area (Å²) in [5.74, 6) is 5.42. The van der Waals surface area contributed by atoms with Crippen molar-refractivity contribution in [1.29, 1.82) is 0 Å². The number of hydrogen-bond acceptors (Lipinski definition) is 10. The summed E-state index contributed by atoms with van der Waals surface area (Å²) < 4.78 is 46.4. The van der Waals surface area contributed by atoms with Gasteiger partial charge in [-0.3, -0.25) is 4.90 Å². The van der Waals surface area contributed by atoms with E-state index in [9.17, 15) is 0 Å². The summed E-state index contributed by atoms with van der Waals surface area (Å²) >= 11 is 0. The fourth-order valence-electron chi connectivity index (χ4n) is 7.22. The van der Waals surface area contributed by atoms with Gasteiger partial charge in [0.05, 0.1) is 28.4 Å². The Kier molecular flexibility index (Phi) is 7.52. The van der Waals surface area contributed by atoms with E-state index in [1.165, 1.54) is 16.7 Å². The lowest BCUT2D eigenvalue weighted by Gasteiger charge is -2.29. The molecule has 4 heterocycles. The summed E-state index contributed by atoms with van der Waals surface area (Å²) in [5, 5.41) is 0. The van der Waals surface area contributed by atoms with Crippen molar-refractivity contribution in [2.75, 3.05) is 60.0 Å². The average molecular weight is 639 g/mol. The van der Waals surface area contributed by atoms with E-state index in [-0.39, 0.29) is 13.6 Å². The lowest BCUT2D eigenvalue weighted by atomic mass is 9.93. The quantitative estimate of drug-likeness (QED) is 0.231. The van der Waals surface area contributed by atoms with Crippen LogP contribution >= 0.6 is 0 Å². The Balaban J connectivity index is 1.06. The molecule has 0 spiro atoms. The molecule has 4 aromatic carbocycles. The highest BCUT2D eigenvalue weighted by Gasteiger charge is 2.36. The molecule has 244 valence electrons. The number of anilines is 1. The number of rotatable bonds is 8. The third-order valence-electron chi connectivity index (χ3n) is 9.61. The van der Waals surface area contributed by atoms with E-state index in [0.717, 1.165) is 71.9 Å². The van der Waals surface area contributed by atoms with Crippen molar-refractivity contribution in [1.82, 2.24) is 4.90 Å². The molecule has 0 atom stereocenters. The third kappa shape index (κ3) is 5.07. The first kappa shape index (κ1) is 29.4. The summed E-state index contributed by atoms with van der Waals surface area (Å²) in [6, 6.07) is 17.3. The van der Waals surface area contributed by atoms with Gasteiger partial charge in [0, 0.05) is 49.5 Å². The molecule has 0 bridgehead atoms. The smallest absolute Gasteiger partial charge is 0.231 e. The molecule has 0 aromatic heterocycles. The van der Waals surface area contributed by atoms with Gasteiger partial charge in [0.25, 0.3) is 0 Å². The molecular weight excluding hydrogens is 600 g/mol. The van der Waals surface area contributed by atoms with Crippen molar-refractivity contribution in [3.05, 3.63) is 76.3 Å². The molecule has 0 amide bonds. The molecule has 0 aliphatic carbocycles. The van der Waals surface area contributed by atoms with Crippen molar-refractivity contribution in [3.63, 3.8) is 0 Å². The van der Waals surface area contributed by atoms with Crippen molar-refractivity contribution in [2.45, 2.75) is 32.5 Å². The van der Waals surface area contributed by atoms with E-state index >= 15 is 0 Å². The summed E-state index contributed by atoms with van der Waals surface area (Å²) in [4.78, 5) is 4.88. The Bertz CT molecular complexity index is 1770. The van der Waals surface area contributed by atoms with Crippen molar-refractivity contribution in [2.24, 2.45) is 0 Å². The van der Waals surface area contributed by atoms with Gasteiger partial charge < -0.3 is 42.8 Å². The Morgan fingerprint density at radius 3 is 1.64 bits per heavy atom. The van der Waals surface area contributed by atoms with Crippen LogP contribution in [0.4, 0.5) is 5.69 Å². The molecule has 0 unspecified atom stereocenters. The Hall–Kier alpha value is -4.96. The number of fused-ring (bicyclic) bond motifs is 8. The minimum atomic E-state index is 0.130. The maximum Gasteiger partial charge on any atom is 0.231 e. The maximum absolute atomic E-state index is 6.08. The number of nitrogens with zero attached hydrogens (tertiary/aromatic N) is 2. The van der Waals surface area contributed by atoms with E-state index < -0.39 is 0 Å². The molecule has 10 heteroatoms. The van der Waals surface area contributed by atoms with Gasteiger partial charge in [-0.05, 0) is 77.1 Å². The molecule has 4 aliphatic rings.